The molecule has 0 saturated carbocycles. The summed E-state index contributed by atoms with van der Waals surface area (Å²) in [4.78, 5) is 26.9. The third-order valence-electron chi connectivity index (χ3n) is 5.11. The number of carbonyl (C=O) groups excluding carboxylic acids is 2. The molecule has 1 aliphatic rings. The SMILES string of the molecule is COC(=O)c1ccc(-n2c(C)cc(/C=C3/SC(=S)N(c4ccccc4)C3=O)c2C)cc1. The highest BCUT2D eigenvalue weighted by atomic mass is 32.2. The Morgan fingerprint density at radius 3 is 2.35 bits per heavy atom. The number of hydrogen-bond donors (Lipinski definition) is 0. The van der Waals surface area contributed by atoms with E-state index >= 15 is 0 Å². The number of aromatic nitrogens is 1. The number of hydrogen-bond acceptors (Lipinski definition) is 5. The lowest BCUT2D eigenvalue weighted by atomic mass is 10.2. The van der Waals surface area contributed by atoms with Crippen LogP contribution in [-0.4, -0.2) is 27.9 Å². The second kappa shape index (κ2) is 8.53. The van der Waals surface area contributed by atoms with Gasteiger partial charge in [0.1, 0.15) is 0 Å². The van der Waals surface area contributed by atoms with E-state index in [1.54, 1.807) is 17.0 Å². The Hall–Kier alpha value is -3.16. The second-order valence-electron chi connectivity index (χ2n) is 7.05. The molecule has 31 heavy (non-hydrogen) atoms. The van der Waals surface area contributed by atoms with E-state index in [1.807, 2.05) is 68.5 Å². The maximum atomic E-state index is 13.0. The van der Waals surface area contributed by atoms with E-state index in [-0.39, 0.29) is 11.9 Å². The summed E-state index contributed by atoms with van der Waals surface area (Å²) in [5.74, 6) is -0.484. The average Bonchev–Trinajstić information content (AvgIpc) is 3.22. The van der Waals surface area contributed by atoms with Gasteiger partial charge in [0.25, 0.3) is 5.91 Å². The van der Waals surface area contributed by atoms with Crippen molar-refractivity contribution >= 4 is 51.9 Å². The molecular formula is C24H20N2O3S2. The molecule has 1 aliphatic heterocycles. The van der Waals surface area contributed by atoms with E-state index in [0.717, 1.165) is 28.3 Å². The number of esters is 1. The van der Waals surface area contributed by atoms with Crippen molar-refractivity contribution in [2.45, 2.75) is 13.8 Å². The van der Waals surface area contributed by atoms with E-state index in [2.05, 4.69) is 4.57 Å². The van der Waals surface area contributed by atoms with Crippen LogP contribution in [-0.2, 0) is 9.53 Å². The van der Waals surface area contributed by atoms with Crippen molar-refractivity contribution in [2.24, 2.45) is 0 Å². The fraction of sp³-hybridized carbons (Fsp3) is 0.125. The van der Waals surface area contributed by atoms with Gasteiger partial charge in [0.05, 0.1) is 23.3 Å². The molecule has 156 valence electrons. The summed E-state index contributed by atoms with van der Waals surface area (Å²) < 4.78 is 7.38. The molecule has 1 aromatic heterocycles. The topological polar surface area (TPSA) is 51.5 Å². The number of aryl methyl sites for hydroxylation is 1. The molecule has 0 spiro atoms. The van der Waals surface area contributed by atoms with Crippen LogP contribution in [0, 0.1) is 13.8 Å². The molecule has 0 atom stereocenters. The molecule has 1 fully saturated rings. The number of anilines is 1. The zero-order valence-electron chi connectivity index (χ0n) is 17.3. The zero-order valence-corrected chi connectivity index (χ0v) is 18.9. The number of para-hydroxylation sites is 1. The molecule has 0 radical (unpaired) electrons. The third kappa shape index (κ3) is 3.94. The molecule has 2 aromatic carbocycles. The Labute approximate surface area is 190 Å². The van der Waals surface area contributed by atoms with Gasteiger partial charge < -0.3 is 9.30 Å². The first-order valence-corrected chi connectivity index (χ1v) is 10.8. The maximum absolute atomic E-state index is 13.0. The number of amides is 1. The molecule has 1 saturated heterocycles. The summed E-state index contributed by atoms with van der Waals surface area (Å²) in [6.45, 7) is 4.01. The molecule has 4 rings (SSSR count). The molecule has 5 nitrogen and oxygen atoms in total. The highest BCUT2D eigenvalue weighted by Gasteiger charge is 2.33. The van der Waals surface area contributed by atoms with Gasteiger partial charge in [0.2, 0.25) is 0 Å². The van der Waals surface area contributed by atoms with Gasteiger partial charge in [-0.15, -0.1) is 0 Å². The molecule has 2 heterocycles. The van der Waals surface area contributed by atoms with E-state index in [1.165, 1.54) is 18.9 Å². The molecular weight excluding hydrogens is 428 g/mol. The van der Waals surface area contributed by atoms with Gasteiger partial charge in [0, 0.05) is 17.1 Å². The van der Waals surface area contributed by atoms with E-state index in [4.69, 9.17) is 17.0 Å². The third-order valence-corrected chi connectivity index (χ3v) is 6.41. The number of rotatable bonds is 4. The van der Waals surface area contributed by atoms with Crippen LogP contribution in [0.2, 0.25) is 0 Å². The largest absolute Gasteiger partial charge is 0.465 e. The van der Waals surface area contributed by atoms with Crippen LogP contribution in [0.15, 0.2) is 65.6 Å². The highest BCUT2D eigenvalue weighted by molar-refractivity contribution is 8.27. The Bertz CT molecular complexity index is 1210. The highest BCUT2D eigenvalue weighted by Crippen LogP contribution is 2.36. The van der Waals surface area contributed by atoms with Gasteiger partial charge >= 0.3 is 5.97 Å². The molecule has 3 aromatic rings. The first-order valence-electron chi connectivity index (χ1n) is 9.61. The molecule has 0 bridgehead atoms. The minimum absolute atomic E-state index is 0.117. The van der Waals surface area contributed by atoms with Crippen LogP contribution in [0.1, 0.15) is 27.3 Å². The number of methoxy groups -OCH3 is 1. The molecule has 0 aliphatic carbocycles. The van der Waals surface area contributed by atoms with Crippen molar-refractivity contribution in [1.29, 1.82) is 0 Å². The van der Waals surface area contributed by atoms with Crippen LogP contribution in [0.5, 0.6) is 0 Å². The maximum Gasteiger partial charge on any atom is 0.337 e. The van der Waals surface area contributed by atoms with Crippen molar-refractivity contribution in [3.63, 3.8) is 0 Å². The summed E-state index contributed by atoms with van der Waals surface area (Å²) in [5, 5.41) is 0. The predicted molar refractivity (Wildman–Crippen MR) is 129 cm³/mol. The smallest absolute Gasteiger partial charge is 0.337 e. The molecule has 1 amide bonds. The van der Waals surface area contributed by atoms with Gasteiger partial charge in [-0.3, -0.25) is 9.69 Å². The summed E-state index contributed by atoms with van der Waals surface area (Å²) >= 11 is 6.77. The van der Waals surface area contributed by atoms with Crippen molar-refractivity contribution < 1.29 is 14.3 Å². The summed E-state index contributed by atoms with van der Waals surface area (Å²) in [7, 11) is 1.36. The van der Waals surface area contributed by atoms with Gasteiger partial charge in [-0.2, -0.15) is 0 Å². The van der Waals surface area contributed by atoms with E-state index < -0.39 is 0 Å². The molecule has 7 heteroatoms. The fourth-order valence-corrected chi connectivity index (χ4v) is 4.89. The average molecular weight is 449 g/mol. The minimum Gasteiger partial charge on any atom is -0.465 e. The minimum atomic E-state index is -0.367. The summed E-state index contributed by atoms with van der Waals surface area (Å²) in [6.07, 6.45) is 1.89. The Morgan fingerprint density at radius 2 is 1.71 bits per heavy atom. The molecule has 0 N–H and O–H groups in total. The van der Waals surface area contributed by atoms with Crippen LogP contribution in [0.3, 0.4) is 0 Å². The lowest BCUT2D eigenvalue weighted by Gasteiger charge is -2.13. The van der Waals surface area contributed by atoms with Crippen LogP contribution >= 0.6 is 24.0 Å². The standard InChI is InChI=1S/C24H20N2O3S2/c1-15-13-18(16(2)25(15)20-11-9-17(10-12-20)23(28)29-3)14-21-22(27)26(24(30)31-21)19-7-5-4-6-8-19/h4-14H,1-3H3/b21-14+. The monoisotopic (exact) mass is 448 g/mol. The first-order chi connectivity index (χ1) is 14.9. The van der Waals surface area contributed by atoms with E-state index in [9.17, 15) is 9.59 Å². The zero-order chi connectivity index (χ0) is 22.1. The summed E-state index contributed by atoms with van der Waals surface area (Å²) in [6, 6.07) is 18.7. The fourth-order valence-electron chi connectivity index (χ4n) is 3.60. The lowest BCUT2D eigenvalue weighted by molar-refractivity contribution is -0.113. The lowest BCUT2D eigenvalue weighted by Crippen LogP contribution is -2.27. The number of carbonyl (C=O) groups is 2. The Morgan fingerprint density at radius 1 is 1.03 bits per heavy atom. The quantitative estimate of drug-likeness (QED) is 0.309. The van der Waals surface area contributed by atoms with Crippen molar-refractivity contribution in [3.8, 4) is 5.69 Å². The summed E-state index contributed by atoms with van der Waals surface area (Å²) in [5.41, 5.74) is 5.16. The number of thioether (sulfide) groups is 1. The van der Waals surface area contributed by atoms with Crippen LogP contribution < -0.4 is 4.90 Å². The van der Waals surface area contributed by atoms with Crippen LogP contribution in [0.25, 0.3) is 11.8 Å². The number of nitrogens with zero attached hydrogens (tertiary/aromatic N) is 2. The first kappa shape index (κ1) is 21.1. The Kier molecular flexibility index (Phi) is 5.80. The van der Waals surface area contributed by atoms with Gasteiger partial charge in [0.15, 0.2) is 4.32 Å². The van der Waals surface area contributed by atoms with E-state index in [0.29, 0.717) is 14.8 Å². The second-order valence-corrected chi connectivity index (χ2v) is 8.73. The number of benzene rings is 2. The van der Waals surface area contributed by atoms with Gasteiger partial charge in [-0.1, -0.05) is 42.2 Å². The van der Waals surface area contributed by atoms with Crippen molar-refractivity contribution in [2.75, 3.05) is 12.0 Å². The Balaban J connectivity index is 1.66. The van der Waals surface area contributed by atoms with Gasteiger partial charge in [-0.05, 0) is 68.0 Å². The number of thiocarbonyl (C=S) groups is 1. The predicted octanol–water partition coefficient (Wildman–Crippen LogP) is 5.29. The normalized spacial score (nSPS) is 15.1. The number of ether oxygens (including phenoxy) is 1. The van der Waals surface area contributed by atoms with Crippen molar-refractivity contribution in [1.82, 2.24) is 4.57 Å². The van der Waals surface area contributed by atoms with Crippen LogP contribution in [0.4, 0.5) is 5.69 Å². The molecule has 0 unspecified atom stereocenters. The van der Waals surface area contributed by atoms with Gasteiger partial charge in [-0.25, -0.2) is 4.79 Å². The van der Waals surface area contributed by atoms with Crippen molar-refractivity contribution in [3.05, 3.63) is 88.1 Å².